The molecule has 1 aromatic rings. The van der Waals surface area contributed by atoms with E-state index in [1.165, 1.54) is 4.90 Å². The van der Waals surface area contributed by atoms with E-state index in [4.69, 9.17) is 9.84 Å². The van der Waals surface area contributed by atoms with Crippen LogP contribution in [0.5, 0.6) is 5.75 Å². The van der Waals surface area contributed by atoms with Crippen molar-refractivity contribution in [1.29, 1.82) is 0 Å². The Morgan fingerprint density at radius 2 is 1.86 bits per heavy atom. The third kappa shape index (κ3) is 5.38. The van der Waals surface area contributed by atoms with Crippen LogP contribution < -0.4 is 5.32 Å². The van der Waals surface area contributed by atoms with Gasteiger partial charge in [-0.05, 0) is 27.7 Å². The first-order valence-corrected chi connectivity index (χ1v) is 7.04. The Bertz CT molecular complexity index is 507. The summed E-state index contributed by atoms with van der Waals surface area (Å²) in [5.41, 5.74) is -0.939. The van der Waals surface area contributed by atoms with Crippen molar-refractivity contribution in [1.82, 2.24) is 4.90 Å². The van der Waals surface area contributed by atoms with Gasteiger partial charge in [0.25, 0.3) is 0 Å². The second-order valence-electron chi connectivity index (χ2n) is 5.77. The molecular formula is C15H22F2N2O3. The zero-order valence-electron chi connectivity index (χ0n) is 13.2. The van der Waals surface area contributed by atoms with Crippen LogP contribution >= 0.6 is 0 Å². The molecule has 0 aliphatic heterocycles. The number of anilines is 1. The van der Waals surface area contributed by atoms with Gasteiger partial charge in [0.1, 0.15) is 17.0 Å². The monoisotopic (exact) mass is 316 g/mol. The lowest BCUT2D eigenvalue weighted by Crippen LogP contribution is -2.39. The number of amides is 1. The Labute approximate surface area is 128 Å². The third-order valence-corrected chi connectivity index (χ3v) is 2.74. The van der Waals surface area contributed by atoms with E-state index in [0.29, 0.717) is 6.54 Å². The quantitative estimate of drug-likeness (QED) is 0.818. The fourth-order valence-electron chi connectivity index (χ4n) is 1.75. The molecule has 0 saturated carbocycles. The van der Waals surface area contributed by atoms with Gasteiger partial charge in [0.15, 0.2) is 11.6 Å². The number of halogens is 2. The van der Waals surface area contributed by atoms with Gasteiger partial charge >= 0.3 is 6.09 Å². The molecule has 0 bridgehead atoms. The van der Waals surface area contributed by atoms with Crippen molar-refractivity contribution in [3.63, 3.8) is 0 Å². The maximum Gasteiger partial charge on any atom is 0.410 e. The van der Waals surface area contributed by atoms with Gasteiger partial charge in [-0.1, -0.05) is 0 Å². The van der Waals surface area contributed by atoms with Gasteiger partial charge < -0.3 is 20.1 Å². The van der Waals surface area contributed by atoms with Crippen LogP contribution in [0.15, 0.2) is 12.1 Å². The van der Waals surface area contributed by atoms with E-state index in [0.717, 1.165) is 12.1 Å². The van der Waals surface area contributed by atoms with E-state index in [1.807, 2.05) is 0 Å². The summed E-state index contributed by atoms with van der Waals surface area (Å²) in [6, 6.07) is 1.63. The van der Waals surface area contributed by atoms with Crippen LogP contribution in [-0.2, 0) is 4.74 Å². The molecule has 0 atom stereocenters. The van der Waals surface area contributed by atoms with Crippen molar-refractivity contribution < 1.29 is 23.4 Å². The lowest BCUT2D eigenvalue weighted by molar-refractivity contribution is 0.0267. The maximum absolute atomic E-state index is 13.5. The highest BCUT2D eigenvalue weighted by molar-refractivity contribution is 5.68. The summed E-state index contributed by atoms with van der Waals surface area (Å²) in [6.07, 6.45) is -0.483. The van der Waals surface area contributed by atoms with Gasteiger partial charge in [-0.2, -0.15) is 0 Å². The van der Waals surface area contributed by atoms with Crippen LogP contribution in [0.2, 0.25) is 0 Å². The summed E-state index contributed by atoms with van der Waals surface area (Å²) >= 11 is 0. The molecule has 0 aliphatic carbocycles. The number of nitrogens with zero attached hydrogens (tertiary/aromatic N) is 1. The summed E-state index contributed by atoms with van der Waals surface area (Å²) in [5.74, 6) is -2.26. The van der Waals surface area contributed by atoms with Crippen LogP contribution in [0, 0.1) is 11.6 Å². The molecule has 0 saturated heterocycles. The Kier molecular flexibility index (Phi) is 5.96. The van der Waals surface area contributed by atoms with E-state index in [-0.39, 0.29) is 18.8 Å². The van der Waals surface area contributed by atoms with Gasteiger partial charge in [-0.25, -0.2) is 13.6 Å². The van der Waals surface area contributed by atoms with Crippen LogP contribution in [-0.4, -0.2) is 41.3 Å². The van der Waals surface area contributed by atoms with Crippen molar-refractivity contribution in [3.05, 3.63) is 23.8 Å². The molecular weight excluding hydrogens is 294 g/mol. The highest BCUT2D eigenvalue weighted by Gasteiger charge is 2.21. The number of carbonyl (C=O) groups is 1. The summed E-state index contributed by atoms with van der Waals surface area (Å²) in [7, 11) is 0. The Morgan fingerprint density at radius 1 is 1.32 bits per heavy atom. The average molecular weight is 316 g/mol. The largest absolute Gasteiger partial charge is 0.508 e. The molecule has 0 spiro atoms. The predicted molar refractivity (Wildman–Crippen MR) is 80.0 cm³/mol. The topological polar surface area (TPSA) is 61.8 Å². The third-order valence-electron chi connectivity index (χ3n) is 2.74. The molecule has 22 heavy (non-hydrogen) atoms. The van der Waals surface area contributed by atoms with Gasteiger partial charge in [0.2, 0.25) is 0 Å². The normalized spacial score (nSPS) is 11.2. The van der Waals surface area contributed by atoms with Crippen LogP contribution in [0.3, 0.4) is 0 Å². The van der Waals surface area contributed by atoms with E-state index in [1.54, 1.807) is 27.7 Å². The predicted octanol–water partition coefficient (Wildman–Crippen LogP) is 3.34. The second kappa shape index (κ2) is 7.29. The van der Waals surface area contributed by atoms with Gasteiger partial charge in [0, 0.05) is 31.8 Å². The smallest absolute Gasteiger partial charge is 0.410 e. The first-order chi connectivity index (χ1) is 10.1. The number of hydrogen-bond donors (Lipinski definition) is 2. The first-order valence-electron chi connectivity index (χ1n) is 7.04. The van der Waals surface area contributed by atoms with Crippen molar-refractivity contribution in [2.45, 2.75) is 33.3 Å². The van der Waals surface area contributed by atoms with E-state index < -0.39 is 29.1 Å². The van der Waals surface area contributed by atoms with Crippen LogP contribution in [0.1, 0.15) is 27.7 Å². The van der Waals surface area contributed by atoms with Gasteiger partial charge in [0.05, 0.1) is 0 Å². The van der Waals surface area contributed by atoms with E-state index in [9.17, 15) is 13.6 Å². The molecule has 0 radical (unpaired) electrons. The number of phenolic OH excluding ortho intramolecular Hbond substituents is 1. The molecule has 1 aromatic carbocycles. The average Bonchev–Trinajstić information content (AvgIpc) is 2.34. The molecule has 1 amide bonds. The standard InChI is InChI=1S/C15H22F2N2O3/c1-5-19(14(21)22-15(2,3)4)7-6-18-13-11(16)8-10(20)9-12(13)17/h8-9,18,20H,5-7H2,1-4H3. The number of ether oxygens (including phenoxy) is 1. The summed E-state index contributed by atoms with van der Waals surface area (Å²) in [6.45, 7) is 7.86. The second-order valence-corrected chi connectivity index (χ2v) is 5.77. The van der Waals surface area contributed by atoms with E-state index >= 15 is 0 Å². The summed E-state index contributed by atoms with van der Waals surface area (Å²) in [4.78, 5) is 13.3. The van der Waals surface area contributed by atoms with Gasteiger partial charge in [-0.15, -0.1) is 0 Å². The lowest BCUT2D eigenvalue weighted by atomic mass is 10.2. The molecule has 0 heterocycles. The van der Waals surface area contributed by atoms with Crippen LogP contribution in [0.4, 0.5) is 19.3 Å². The molecule has 0 fully saturated rings. The fourth-order valence-corrected chi connectivity index (χ4v) is 1.75. The van der Waals surface area contributed by atoms with Crippen molar-refractivity contribution in [2.75, 3.05) is 25.0 Å². The SMILES string of the molecule is CCN(CCNc1c(F)cc(O)cc1F)C(=O)OC(C)(C)C. The van der Waals surface area contributed by atoms with Crippen molar-refractivity contribution in [3.8, 4) is 5.75 Å². The molecule has 0 aliphatic rings. The number of aromatic hydroxyl groups is 1. The maximum atomic E-state index is 13.5. The number of nitrogens with one attached hydrogen (secondary N) is 1. The molecule has 0 unspecified atom stereocenters. The lowest BCUT2D eigenvalue weighted by Gasteiger charge is -2.26. The number of phenols is 1. The Morgan fingerprint density at radius 3 is 2.32 bits per heavy atom. The first kappa shape index (κ1) is 18.0. The number of benzene rings is 1. The molecule has 5 nitrogen and oxygen atoms in total. The summed E-state index contributed by atoms with van der Waals surface area (Å²) < 4.78 is 32.3. The minimum Gasteiger partial charge on any atom is -0.508 e. The van der Waals surface area contributed by atoms with Gasteiger partial charge in [-0.3, -0.25) is 0 Å². The number of rotatable bonds is 5. The highest BCUT2D eigenvalue weighted by atomic mass is 19.1. The summed E-state index contributed by atoms with van der Waals surface area (Å²) in [5, 5.41) is 11.7. The Balaban J connectivity index is 2.60. The molecule has 1 rings (SSSR count). The minimum atomic E-state index is -0.891. The number of hydrogen-bond acceptors (Lipinski definition) is 4. The molecule has 0 aromatic heterocycles. The Hall–Kier alpha value is -2.05. The number of likely N-dealkylation sites (N-methyl/N-ethyl adjacent to an activating group) is 1. The number of carbonyl (C=O) groups excluding carboxylic acids is 1. The van der Waals surface area contributed by atoms with E-state index in [2.05, 4.69) is 5.32 Å². The minimum absolute atomic E-state index is 0.145. The zero-order valence-corrected chi connectivity index (χ0v) is 13.2. The van der Waals surface area contributed by atoms with Crippen molar-refractivity contribution >= 4 is 11.8 Å². The highest BCUT2D eigenvalue weighted by Crippen LogP contribution is 2.23. The molecule has 7 heteroatoms. The fraction of sp³-hybridized carbons (Fsp3) is 0.533. The van der Waals surface area contributed by atoms with Crippen LogP contribution in [0.25, 0.3) is 0 Å². The molecule has 124 valence electrons. The zero-order chi connectivity index (χ0) is 16.9. The van der Waals surface area contributed by atoms with Crippen molar-refractivity contribution in [2.24, 2.45) is 0 Å². The molecule has 2 N–H and O–H groups in total.